The van der Waals surface area contributed by atoms with Crippen molar-refractivity contribution in [2.24, 2.45) is 0 Å². The van der Waals surface area contributed by atoms with Gasteiger partial charge in [-0.25, -0.2) is 14.6 Å². The van der Waals surface area contributed by atoms with Crippen molar-refractivity contribution in [3.05, 3.63) is 94.8 Å². The van der Waals surface area contributed by atoms with E-state index in [0.29, 0.717) is 22.0 Å². The van der Waals surface area contributed by atoms with Gasteiger partial charge >= 0.3 is 11.6 Å². The molecule has 1 aromatic heterocycles. The van der Waals surface area contributed by atoms with E-state index >= 15 is 0 Å². The lowest BCUT2D eigenvalue weighted by molar-refractivity contribution is 0.0735. The highest BCUT2D eigenvalue weighted by molar-refractivity contribution is 5.92. The average molecular weight is 343 g/mol. The Morgan fingerprint density at radius 1 is 0.846 bits per heavy atom. The number of para-hydroxylation sites is 2. The van der Waals surface area contributed by atoms with Crippen molar-refractivity contribution in [3.8, 4) is 17.2 Å². The summed E-state index contributed by atoms with van der Waals surface area (Å²) >= 11 is 0. The topological polar surface area (TPSA) is 69.4 Å². The Hall–Kier alpha value is -3.73. The molecule has 0 amide bonds. The van der Waals surface area contributed by atoms with Crippen LogP contribution in [0.15, 0.2) is 88.1 Å². The van der Waals surface area contributed by atoms with Crippen LogP contribution >= 0.6 is 0 Å². The summed E-state index contributed by atoms with van der Waals surface area (Å²) in [4.78, 5) is 28.9. The summed E-state index contributed by atoms with van der Waals surface area (Å²) in [6, 6.07) is 22.4. The molecule has 0 spiro atoms. The third-order valence-corrected chi connectivity index (χ3v) is 3.86. The second-order valence-corrected chi connectivity index (χ2v) is 5.58. The maximum absolute atomic E-state index is 12.3. The number of benzene rings is 3. The number of carbonyl (C=O) groups excluding carboxylic acids is 1. The van der Waals surface area contributed by atoms with Crippen molar-refractivity contribution in [1.29, 1.82) is 0 Å². The molecule has 0 bridgehead atoms. The summed E-state index contributed by atoms with van der Waals surface area (Å²) in [6.07, 6.45) is 0. The van der Waals surface area contributed by atoms with E-state index in [9.17, 15) is 9.59 Å². The minimum atomic E-state index is -0.499. The molecule has 4 aromatic rings. The number of ether oxygens (including phenoxy) is 1. The number of esters is 1. The molecular weight excluding hydrogens is 330 g/mol. The summed E-state index contributed by atoms with van der Waals surface area (Å²) in [5.74, 6) is -0.126. The molecule has 0 N–H and O–H groups in total. The van der Waals surface area contributed by atoms with Gasteiger partial charge in [0.05, 0.1) is 22.0 Å². The third kappa shape index (κ3) is 2.98. The predicted molar refractivity (Wildman–Crippen MR) is 97.1 cm³/mol. The Morgan fingerprint density at radius 2 is 1.54 bits per heavy atom. The number of nitrogens with zero attached hydrogens (tertiary/aromatic N) is 1. The SMILES string of the molecule is O=C(Oc1ccccc1-c1nc2ccccc2c(=O)o1)c1ccccc1. The molecule has 126 valence electrons. The van der Waals surface area contributed by atoms with Crippen molar-refractivity contribution in [2.45, 2.75) is 0 Å². The number of hydrogen-bond donors (Lipinski definition) is 0. The van der Waals surface area contributed by atoms with Crippen LogP contribution in [0, 0.1) is 0 Å². The van der Waals surface area contributed by atoms with Crippen LogP contribution < -0.4 is 10.4 Å². The third-order valence-electron chi connectivity index (χ3n) is 3.86. The van der Waals surface area contributed by atoms with E-state index in [2.05, 4.69) is 4.98 Å². The Bertz CT molecular complexity index is 1150. The summed E-state index contributed by atoms with van der Waals surface area (Å²) in [5, 5.41) is 0.398. The predicted octanol–water partition coefficient (Wildman–Crippen LogP) is 4.07. The summed E-state index contributed by atoms with van der Waals surface area (Å²) < 4.78 is 10.8. The Labute approximate surface area is 148 Å². The quantitative estimate of drug-likeness (QED) is 0.414. The number of aromatic nitrogens is 1. The molecule has 0 atom stereocenters. The van der Waals surface area contributed by atoms with Crippen LogP contribution in [0.5, 0.6) is 5.75 Å². The molecular formula is C21H13NO4. The maximum Gasteiger partial charge on any atom is 0.347 e. The van der Waals surface area contributed by atoms with Crippen LogP contribution in [0.25, 0.3) is 22.4 Å². The first-order valence-electron chi connectivity index (χ1n) is 7.99. The molecule has 0 saturated heterocycles. The number of fused-ring (bicyclic) bond motifs is 1. The molecule has 0 radical (unpaired) electrons. The smallest absolute Gasteiger partial charge is 0.347 e. The highest BCUT2D eigenvalue weighted by atomic mass is 16.5. The zero-order valence-corrected chi connectivity index (χ0v) is 13.6. The minimum absolute atomic E-state index is 0.102. The summed E-state index contributed by atoms with van der Waals surface area (Å²) in [6.45, 7) is 0. The molecule has 0 aliphatic rings. The van der Waals surface area contributed by atoms with Gasteiger partial charge in [-0.3, -0.25) is 0 Å². The minimum Gasteiger partial charge on any atom is -0.422 e. The van der Waals surface area contributed by atoms with Crippen LogP contribution in [-0.2, 0) is 0 Å². The highest BCUT2D eigenvalue weighted by Gasteiger charge is 2.16. The van der Waals surface area contributed by atoms with E-state index in [4.69, 9.17) is 9.15 Å². The largest absolute Gasteiger partial charge is 0.422 e. The monoisotopic (exact) mass is 343 g/mol. The van der Waals surface area contributed by atoms with Gasteiger partial charge < -0.3 is 9.15 Å². The lowest BCUT2D eigenvalue weighted by Crippen LogP contribution is -2.09. The van der Waals surface area contributed by atoms with E-state index in [0.717, 1.165) is 0 Å². The van der Waals surface area contributed by atoms with Crippen molar-refractivity contribution >= 4 is 16.9 Å². The van der Waals surface area contributed by atoms with E-state index < -0.39 is 11.6 Å². The standard InChI is InChI=1S/C21H13NO4/c23-20(14-8-2-1-3-9-14)25-18-13-7-5-11-16(18)19-22-17-12-6-4-10-15(17)21(24)26-19/h1-13H. The maximum atomic E-state index is 12.3. The van der Waals surface area contributed by atoms with Crippen molar-refractivity contribution in [1.82, 2.24) is 4.98 Å². The first-order chi connectivity index (χ1) is 12.7. The molecule has 0 aliphatic carbocycles. The lowest BCUT2D eigenvalue weighted by atomic mass is 10.2. The zero-order chi connectivity index (χ0) is 17.9. The van der Waals surface area contributed by atoms with Gasteiger partial charge in [-0.15, -0.1) is 0 Å². The van der Waals surface area contributed by atoms with Crippen molar-refractivity contribution in [3.63, 3.8) is 0 Å². The molecule has 4 rings (SSSR count). The molecule has 1 heterocycles. The number of hydrogen-bond acceptors (Lipinski definition) is 5. The molecule has 5 heteroatoms. The fourth-order valence-electron chi connectivity index (χ4n) is 2.60. The fraction of sp³-hybridized carbons (Fsp3) is 0. The van der Waals surface area contributed by atoms with Gasteiger partial charge in [0.25, 0.3) is 0 Å². The Balaban J connectivity index is 1.77. The summed E-state index contributed by atoms with van der Waals surface area (Å²) in [7, 11) is 0. The van der Waals surface area contributed by atoms with Gasteiger partial charge in [0.15, 0.2) is 0 Å². The van der Waals surface area contributed by atoms with Crippen LogP contribution in [0.3, 0.4) is 0 Å². The van der Waals surface area contributed by atoms with Crippen LogP contribution in [-0.4, -0.2) is 11.0 Å². The second kappa shape index (κ2) is 6.64. The molecule has 0 aliphatic heterocycles. The first-order valence-corrected chi connectivity index (χ1v) is 7.99. The van der Waals surface area contributed by atoms with Crippen molar-refractivity contribution in [2.75, 3.05) is 0 Å². The molecule has 26 heavy (non-hydrogen) atoms. The van der Waals surface area contributed by atoms with Crippen molar-refractivity contribution < 1.29 is 13.9 Å². The average Bonchev–Trinajstić information content (AvgIpc) is 2.69. The van der Waals surface area contributed by atoms with E-state index in [1.807, 2.05) is 6.07 Å². The van der Waals surface area contributed by atoms with Crippen LogP contribution in [0.2, 0.25) is 0 Å². The lowest BCUT2D eigenvalue weighted by Gasteiger charge is -2.09. The molecule has 0 fully saturated rings. The normalized spacial score (nSPS) is 10.6. The van der Waals surface area contributed by atoms with Gasteiger partial charge in [0.1, 0.15) is 5.75 Å². The molecule has 3 aromatic carbocycles. The van der Waals surface area contributed by atoms with E-state index in [1.54, 1.807) is 72.8 Å². The second-order valence-electron chi connectivity index (χ2n) is 5.58. The van der Waals surface area contributed by atoms with Crippen LogP contribution in [0.4, 0.5) is 0 Å². The fourth-order valence-corrected chi connectivity index (χ4v) is 2.60. The molecule has 0 saturated carbocycles. The summed E-state index contributed by atoms with van der Waals surface area (Å²) in [5.41, 5.74) is 0.882. The van der Waals surface area contributed by atoms with Crippen LogP contribution in [0.1, 0.15) is 10.4 Å². The first kappa shape index (κ1) is 15.8. The van der Waals surface area contributed by atoms with E-state index in [1.165, 1.54) is 0 Å². The Kier molecular flexibility index (Phi) is 4.03. The molecule has 0 unspecified atom stereocenters. The van der Waals surface area contributed by atoms with Gasteiger partial charge in [0.2, 0.25) is 5.89 Å². The van der Waals surface area contributed by atoms with Gasteiger partial charge in [0, 0.05) is 0 Å². The molecule has 5 nitrogen and oxygen atoms in total. The zero-order valence-electron chi connectivity index (χ0n) is 13.6. The highest BCUT2D eigenvalue weighted by Crippen LogP contribution is 2.29. The number of carbonyl (C=O) groups is 1. The van der Waals surface area contributed by atoms with E-state index in [-0.39, 0.29) is 11.6 Å². The van der Waals surface area contributed by atoms with Gasteiger partial charge in [-0.1, -0.05) is 42.5 Å². The Morgan fingerprint density at radius 3 is 2.38 bits per heavy atom. The van der Waals surface area contributed by atoms with Gasteiger partial charge in [-0.2, -0.15) is 0 Å². The number of rotatable bonds is 3. The van der Waals surface area contributed by atoms with Gasteiger partial charge in [-0.05, 0) is 36.4 Å².